The second kappa shape index (κ2) is 7.35. The van der Waals surface area contributed by atoms with Crippen molar-refractivity contribution in [3.63, 3.8) is 0 Å². The number of nitrogens with one attached hydrogen (secondary N) is 1. The molecule has 2 amide bonds. The average molecular weight is 361 g/mol. The Morgan fingerprint density at radius 1 is 1.15 bits per heavy atom. The lowest BCUT2D eigenvalue weighted by atomic mass is 9.76. The van der Waals surface area contributed by atoms with Crippen LogP contribution in [0, 0.1) is 5.41 Å². The van der Waals surface area contributed by atoms with E-state index in [0.29, 0.717) is 25.1 Å². The highest BCUT2D eigenvalue weighted by molar-refractivity contribution is 5.93. The zero-order valence-electron chi connectivity index (χ0n) is 15.2. The number of amides is 2. The van der Waals surface area contributed by atoms with Gasteiger partial charge in [0.2, 0.25) is 5.91 Å². The first-order valence-corrected chi connectivity index (χ1v) is 9.41. The number of fused-ring (bicyclic) bond motifs is 1. The van der Waals surface area contributed by atoms with Gasteiger partial charge in [-0.15, -0.1) is 0 Å². The molecule has 1 aliphatic carbocycles. The van der Waals surface area contributed by atoms with Crippen LogP contribution in [0.5, 0.6) is 0 Å². The highest BCUT2D eigenvalue weighted by atomic mass is 16.2. The number of benzene rings is 1. The van der Waals surface area contributed by atoms with Crippen molar-refractivity contribution in [1.29, 1.82) is 0 Å². The van der Waals surface area contributed by atoms with Crippen LogP contribution < -0.4 is 5.32 Å². The molecule has 0 spiro atoms. The van der Waals surface area contributed by atoms with Gasteiger partial charge in [-0.3, -0.25) is 14.6 Å². The van der Waals surface area contributed by atoms with Crippen molar-refractivity contribution >= 4 is 11.8 Å². The molecule has 27 heavy (non-hydrogen) atoms. The Labute approximate surface area is 159 Å². The standard InChI is InChI=1S/C22H23N3O2/c26-20-10-12-22(16-24-21(27)18-8-5-13-23-14-18)11-4-9-19(22)25(20)15-17-6-2-1-3-7-17/h1-3,5-9,13-14H,4,10-12,15-16H2,(H,24,27). The van der Waals surface area contributed by atoms with Gasteiger partial charge in [-0.1, -0.05) is 36.4 Å². The average Bonchev–Trinajstić information content (AvgIpc) is 3.14. The van der Waals surface area contributed by atoms with Crippen LogP contribution in [-0.2, 0) is 11.3 Å². The molecule has 5 heteroatoms. The van der Waals surface area contributed by atoms with E-state index >= 15 is 0 Å². The largest absolute Gasteiger partial charge is 0.351 e. The summed E-state index contributed by atoms with van der Waals surface area (Å²) in [5.41, 5.74) is 2.61. The first-order valence-electron chi connectivity index (χ1n) is 9.41. The van der Waals surface area contributed by atoms with E-state index in [1.807, 2.05) is 35.2 Å². The number of rotatable bonds is 5. The van der Waals surface area contributed by atoms with E-state index < -0.39 is 0 Å². The molecular formula is C22H23N3O2. The van der Waals surface area contributed by atoms with Crippen LogP contribution in [0.3, 0.4) is 0 Å². The molecule has 1 unspecified atom stereocenters. The van der Waals surface area contributed by atoms with E-state index in [2.05, 4.69) is 16.4 Å². The van der Waals surface area contributed by atoms with Crippen LogP contribution in [0.4, 0.5) is 0 Å². The molecule has 138 valence electrons. The summed E-state index contributed by atoms with van der Waals surface area (Å²) in [6, 6.07) is 13.6. The molecule has 0 radical (unpaired) electrons. The predicted octanol–water partition coefficient (Wildman–Crippen LogP) is 3.30. The van der Waals surface area contributed by atoms with Gasteiger partial charge >= 0.3 is 0 Å². The van der Waals surface area contributed by atoms with Gasteiger partial charge in [0.1, 0.15) is 0 Å². The van der Waals surface area contributed by atoms with E-state index in [0.717, 1.165) is 30.5 Å². The van der Waals surface area contributed by atoms with Gasteiger partial charge in [0.25, 0.3) is 5.91 Å². The Morgan fingerprint density at radius 3 is 2.78 bits per heavy atom. The van der Waals surface area contributed by atoms with Crippen LogP contribution >= 0.6 is 0 Å². The number of aromatic nitrogens is 1. The first kappa shape index (κ1) is 17.5. The fourth-order valence-electron chi connectivity index (χ4n) is 4.15. The number of pyridine rings is 1. The third-order valence-corrected chi connectivity index (χ3v) is 5.61. The second-order valence-corrected chi connectivity index (χ2v) is 7.30. The maximum Gasteiger partial charge on any atom is 0.252 e. The maximum atomic E-state index is 12.6. The minimum Gasteiger partial charge on any atom is -0.351 e. The summed E-state index contributed by atoms with van der Waals surface area (Å²) in [7, 11) is 0. The monoisotopic (exact) mass is 361 g/mol. The quantitative estimate of drug-likeness (QED) is 0.889. The van der Waals surface area contributed by atoms with Crippen molar-refractivity contribution in [2.45, 2.75) is 32.2 Å². The summed E-state index contributed by atoms with van der Waals surface area (Å²) in [5, 5.41) is 3.07. The summed E-state index contributed by atoms with van der Waals surface area (Å²) in [6.45, 7) is 1.13. The number of nitrogens with zero attached hydrogens (tertiary/aromatic N) is 2. The Balaban J connectivity index is 1.51. The topological polar surface area (TPSA) is 62.3 Å². The molecule has 1 saturated heterocycles. The van der Waals surface area contributed by atoms with Crippen molar-refractivity contribution in [2.24, 2.45) is 5.41 Å². The normalized spacial score (nSPS) is 21.6. The van der Waals surface area contributed by atoms with Crippen molar-refractivity contribution in [2.75, 3.05) is 6.54 Å². The van der Waals surface area contributed by atoms with Crippen molar-refractivity contribution in [3.8, 4) is 0 Å². The number of hydrogen-bond donors (Lipinski definition) is 1. The molecule has 4 rings (SSSR count). The Morgan fingerprint density at radius 2 is 2.00 bits per heavy atom. The molecule has 1 fully saturated rings. The molecule has 2 heterocycles. The number of likely N-dealkylation sites (tertiary alicyclic amines) is 1. The molecule has 1 aromatic carbocycles. The van der Waals surface area contributed by atoms with Gasteiger partial charge < -0.3 is 10.2 Å². The number of piperidine rings is 1. The van der Waals surface area contributed by atoms with Crippen molar-refractivity contribution in [1.82, 2.24) is 15.2 Å². The van der Waals surface area contributed by atoms with E-state index in [-0.39, 0.29) is 17.2 Å². The number of hydrogen-bond acceptors (Lipinski definition) is 3. The van der Waals surface area contributed by atoms with Gasteiger partial charge in [-0.05, 0) is 37.0 Å². The van der Waals surface area contributed by atoms with Crippen LogP contribution in [0.25, 0.3) is 0 Å². The lowest BCUT2D eigenvalue weighted by Crippen LogP contribution is -2.47. The minimum absolute atomic E-state index is 0.116. The highest BCUT2D eigenvalue weighted by Gasteiger charge is 2.45. The summed E-state index contributed by atoms with van der Waals surface area (Å²) >= 11 is 0. The van der Waals surface area contributed by atoms with Crippen LogP contribution in [0.15, 0.2) is 66.6 Å². The number of carbonyl (C=O) groups is 2. The fourth-order valence-corrected chi connectivity index (χ4v) is 4.15. The molecular weight excluding hydrogens is 338 g/mol. The zero-order chi connectivity index (χ0) is 18.7. The third kappa shape index (κ3) is 3.50. The van der Waals surface area contributed by atoms with Crippen LogP contribution in [0.1, 0.15) is 41.6 Å². The lowest BCUT2D eigenvalue weighted by Gasteiger charge is -2.42. The molecule has 1 aromatic heterocycles. The Hall–Kier alpha value is -2.95. The first-order chi connectivity index (χ1) is 13.2. The minimum atomic E-state index is -0.152. The predicted molar refractivity (Wildman–Crippen MR) is 103 cm³/mol. The van der Waals surface area contributed by atoms with Gasteiger partial charge in [-0.2, -0.15) is 0 Å². The summed E-state index contributed by atoms with van der Waals surface area (Å²) in [6.07, 6.45) is 8.62. The van der Waals surface area contributed by atoms with Crippen LogP contribution in [-0.4, -0.2) is 28.2 Å². The molecule has 2 aliphatic rings. The molecule has 1 aliphatic heterocycles. The number of allylic oxidation sites excluding steroid dienone is 1. The molecule has 0 saturated carbocycles. The zero-order valence-corrected chi connectivity index (χ0v) is 15.2. The molecule has 1 atom stereocenters. The Bertz CT molecular complexity index is 864. The van der Waals surface area contributed by atoms with Crippen molar-refractivity contribution < 1.29 is 9.59 Å². The van der Waals surface area contributed by atoms with Gasteiger partial charge in [0.05, 0.1) is 12.1 Å². The van der Waals surface area contributed by atoms with E-state index in [1.54, 1.807) is 24.5 Å². The molecule has 5 nitrogen and oxygen atoms in total. The van der Waals surface area contributed by atoms with Gasteiger partial charge in [0, 0.05) is 36.5 Å². The summed E-state index contributed by atoms with van der Waals surface area (Å²) < 4.78 is 0. The van der Waals surface area contributed by atoms with E-state index in [1.165, 1.54) is 0 Å². The highest BCUT2D eigenvalue weighted by Crippen LogP contribution is 2.48. The van der Waals surface area contributed by atoms with E-state index in [4.69, 9.17) is 0 Å². The third-order valence-electron chi connectivity index (χ3n) is 5.61. The maximum absolute atomic E-state index is 12.6. The fraction of sp³-hybridized carbons (Fsp3) is 0.318. The second-order valence-electron chi connectivity index (χ2n) is 7.30. The molecule has 0 bridgehead atoms. The van der Waals surface area contributed by atoms with Crippen LogP contribution in [0.2, 0.25) is 0 Å². The van der Waals surface area contributed by atoms with Gasteiger partial charge in [0.15, 0.2) is 0 Å². The smallest absolute Gasteiger partial charge is 0.252 e. The van der Waals surface area contributed by atoms with Gasteiger partial charge in [-0.25, -0.2) is 0 Å². The lowest BCUT2D eigenvalue weighted by molar-refractivity contribution is -0.133. The van der Waals surface area contributed by atoms with Crippen molar-refractivity contribution in [3.05, 3.63) is 77.8 Å². The number of carbonyl (C=O) groups excluding carboxylic acids is 2. The summed E-state index contributed by atoms with van der Waals surface area (Å²) in [4.78, 5) is 31.0. The Kier molecular flexibility index (Phi) is 4.75. The molecule has 2 aromatic rings. The molecule has 1 N–H and O–H groups in total. The SMILES string of the molecule is O=C(NCC12CCC=C1N(Cc1ccccc1)C(=O)CC2)c1cccnc1. The van der Waals surface area contributed by atoms with E-state index in [9.17, 15) is 9.59 Å². The summed E-state index contributed by atoms with van der Waals surface area (Å²) in [5.74, 6) is 0.0523.